The lowest BCUT2D eigenvalue weighted by molar-refractivity contribution is -0.130. The average Bonchev–Trinajstić information content (AvgIpc) is 2.89. The first-order valence-electron chi connectivity index (χ1n) is 9.69. The summed E-state index contributed by atoms with van der Waals surface area (Å²) in [4.78, 5) is 26.8. The van der Waals surface area contributed by atoms with E-state index in [9.17, 15) is 19.1 Å². The van der Waals surface area contributed by atoms with Crippen LogP contribution in [0.15, 0.2) is 24.3 Å². The SMILES string of the molecule is Cc1c(CC(=O)N(C)C[C@@H](C)O)c2c(n1Cc1ccccc1F)CCCC2=O. The molecule has 0 bridgehead atoms. The molecule has 1 aromatic heterocycles. The number of halogens is 1. The normalized spacial score (nSPS) is 14.7. The Morgan fingerprint density at radius 3 is 2.71 bits per heavy atom. The summed E-state index contributed by atoms with van der Waals surface area (Å²) in [6, 6.07) is 6.63. The van der Waals surface area contributed by atoms with Crippen molar-refractivity contribution >= 4 is 11.7 Å². The number of carbonyl (C=O) groups is 2. The molecule has 1 aromatic carbocycles. The molecule has 0 saturated carbocycles. The zero-order valence-corrected chi connectivity index (χ0v) is 16.7. The second-order valence-corrected chi connectivity index (χ2v) is 7.64. The van der Waals surface area contributed by atoms with E-state index < -0.39 is 6.10 Å². The maximum atomic E-state index is 14.2. The number of ketones is 1. The van der Waals surface area contributed by atoms with Gasteiger partial charge in [0.2, 0.25) is 5.91 Å². The molecule has 150 valence electrons. The highest BCUT2D eigenvalue weighted by Gasteiger charge is 2.29. The van der Waals surface area contributed by atoms with Gasteiger partial charge in [-0.1, -0.05) is 18.2 Å². The average molecular weight is 386 g/mol. The molecular weight excluding hydrogens is 359 g/mol. The van der Waals surface area contributed by atoms with Gasteiger partial charge in [-0.3, -0.25) is 9.59 Å². The maximum absolute atomic E-state index is 14.2. The number of carbonyl (C=O) groups excluding carboxylic acids is 2. The molecule has 0 radical (unpaired) electrons. The third-order valence-electron chi connectivity index (χ3n) is 5.43. The molecule has 1 heterocycles. The van der Waals surface area contributed by atoms with Crippen LogP contribution in [0.2, 0.25) is 0 Å². The van der Waals surface area contributed by atoms with E-state index in [1.54, 1.807) is 32.2 Å². The van der Waals surface area contributed by atoms with Crippen LogP contribution < -0.4 is 0 Å². The number of fused-ring (bicyclic) bond motifs is 1. The van der Waals surface area contributed by atoms with E-state index in [0.717, 1.165) is 29.8 Å². The standard InChI is InChI=1S/C22H27FN2O3/c1-14(26)12-24(3)21(28)11-17-15(2)25(13-16-7-4-5-8-18(16)23)19-9-6-10-20(27)22(17)19/h4-5,7-8,14,26H,6,9-13H2,1-3H3/t14-/m1/s1. The molecule has 28 heavy (non-hydrogen) atoms. The number of Topliss-reactive ketones (excluding diaryl/α,β-unsaturated/α-hetero) is 1. The van der Waals surface area contributed by atoms with E-state index in [1.807, 2.05) is 11.5 Å². The van der Waals surface area contributed by atoms with Crippen molar-refractivity contribution in [3.05, 3.63) is 58.2 Å². The van der Waals surface area contributed by atoms with Crippen molar-refractivity contribution < 1.29 is 19.1 Å². The number of hydrogen-bond acceptors (Lipinski definition) is 3. The lowest BCUT2D eigenvalue weighted by atomic mass is 9.92. The van der Waals surface area contributed by atoms with Crippen molar-refractivity contribution in [2.45, 2.75) is 52.2 Å². The number of likely N-dealkylation sites (N-methyl/N-ethyl adjacent to an activating group) is 1. The summed E-state index contributed by atoms with van der Waals surface area (Å²) in [6.45, 7) is 4.10. The molecule has 1 aliphatic carbocycles. The van der Waals surface area contributed by atoms with Crippen molar-refractivity contribution in [1.82, 2.24) is 9.47 Å². The molecule has 0 unspecified atom stereocenters. The fourth-order valence-electron chi connectivity index (χ4n) is 4.00. The molecule has 5 nitrogen and oxygen atoms in total. The second kappa shape index (κ2) is 8.27. The minimum Gasteiger partial charge on any atom is -0.392 e. The third-order valence-corrected chi connectivity index (χ3v) is 5.43. The predicted molar refractivity (Wildman–Crippen MR) is 105 cm³/mol. The predicted octanol–water partition coefficient (Wildman–Crippen LogP) is 2.88. The number of aliphatic hydroxyl groups is 1. The van der Waals surface area contributed by atoms with E-state index in [1.165, 1.54) is 11.0 Å². The number of hydrogen-bond donors (Lipinski definition) is 1. The first-order valence-corrected chi connectivity index (χ1v) is 9.69. The topological polar surface area (TPSA) is 62.5 Å². The van der Waals surface area contributed by atoms with E-state index in [-0.39, 0.29) is 30.5 Å². The minimum absolute atomic E-state index is 0.0533. The van der Waals surface area contributed by atoms with E-state index in [2.05, 4.69) is 0 Å². The Kier molecular flexibility index (Phi) is 5.98. The van der Waals surface area contributed by atoms with Crippen LogP contribution in [-0.4, -0.2) is 46.0 Å². The quantitative estimate of drug-likeness (QED) is 0.830. The molecule has 6 heteroatoms. The smallest absolute Gasteiger partial charge is 0.226 e. The highest BCUT2D eigenvalue weighted by Crippen LogP contribution is 2.31. The van der Waals surface area contributed by atoms with Gasteiger partial charge in [-0.2, -0.15) is 0 Å². The lowest BCUT2D eigenvalue weighted by Gasteiger charge is -2.19. The van der Waals surface area contributed by atoms with E-state index in [0.29, 0.717) is 24.1 Å². The summed E-state index contributed by atoms with van der Waals surface area (Å²) in [5, 5.41) is 9.53. The Balaban J connectivity index is 1.99. The fourth-order valence-corrected chi connectivity index (χ4v) is 4.00. The zero-order chi connectivity index (χ0) is 20.4. The molecule has 0 aliphatic heterocycles. The first-order chi connectivity index (χ1) is 13.3. The minimum atomic E-state index is -0.615. The third kappa shape index (κ3) is 4.02. The molecule has 0 spiro atoms. The Hall–Kier alpha value is -2.47. The molecule has 3 rings (SSSR count). The summed E-state index contributed by atoms with van der Waals surface area (Å²) >= 11 is 0. The van der Waals surface area contributed by atoms with Crippen molar-refractivity contribution in [2.75, 3.05) is 13.6 Å². The van der Waals surface area contributed by atoms with Crippen molar-refractivity contribution in [3.63, 3.8) is 0 Å². The Bertz CT molecular complexity index is 901. The Morgan fingerprint density at radius 2 is 2.04 bits per heavy atom. The van der Waals surface area contributed by atoms with Crippen molar-refractivity contribution in [1.29, 1.82) is 0 Å². The number of benzene rings is 1. The molecule has 1 atom stereocenters. The molecule has 0 fully saturated rings. The molecule has 1 N–H and O–H groups in total. The number of nitrogens with zero attached hydrogens (tertiary/aromatic N) is 2. The van der Waals surface area contributed by atoms with E-state index in [4.69, 9.17) is 0 Å². The van der Waals surface area contributed by atoms with Crippen LogP contribution in [0.25, 0.3) is 0 Å². The van der Waals surface area contributed by atoms with E-state index >= 15 is 0 Å². The summed E-state index contributed by atoms with van der Waals surface area (Å²) in [5.74, 6) is -0.369. The zero-order valence-electron chi connectivity index (χ0n) is 16.7. The van der Waals surface area contributed by atoms with Gasteiger partial charge in [-0.05, 0) is 38.3 Å². The second-order valence-electron chi connectivity index (χ2n) is 7.64. The number of amides is 1. The van der Waals surface area contributed by atoms with Gasteiger partial charge in [-0.25, -0.2) is 4.39 Å². The lowest BCUT2D eigenvalue weighted by Crippen LogP contribution is -2.34. The van der Waals surface area contributed by atoms with Crippen LogP contribution in [0, 0.1) is 12.7 Å². The van der Waals surface area contributed by atoms with Gasteiger partial charge in [0.15, 0.2) is 5.78 Å². The molecular formula is C22H27FN2O3. The van der Waals surface area contributed by atoms with Gasteiger partial charge in [0.05, 0.1) is 19.1 Å². The van der Waals surface area contributed by atoms with Crippen LogP contribution in [0.4, 0.5) is 4.39 Å². The first kappa shape index (κ1) is 20.3. The van der Waals surface area contributed by atoms with Crippen LogP contribution in [0.1, 0.15) is 52.6 Å². The summed E-state index contributed by atoms with van der Waals surface area (Å²) in [7, 11) is 1.65. The highest BCUT2D eigenvalue weighted by molar-refractivity contribution is 6.01. The number of aliphatic hydroxyl groups excluding tert-OH is 1. The number of aromatic nitrogens is 1. The van der Waals surface area contributed by atoms with Crippen LogP contribution in [0.5, 0.6) is 0 Å². The largest absolute Gasteiger partial charge is 0.392 e. The monoisotopic (exact) mass is 386 g/mol. The van der Waals surface area contributed by atoms with Crippen LogP contribution in [0.3, 0.4) is 0 Å². The van der Waals surface area contributed by atoms with Crippen molar-refractivity contribution in [2.24, 2.45) is 0 Å². The van der Waals surface area contributed by atoms with Gasteiger partial charge >= 0.3 is 0 Å². The van der Waals surface area contributed by atoms with Crippen molar-refractivity contribution in [3.8, 4) is 0 Å². The van der Waals surface area contributed by atoms with Gasteiger partial charge in [0.1, 0.15) is 5.82 Å². The molecule has 1 amide bonds. The van der Waals surface area contributed by atoms with Gasteiger partial charge in [0, 0.05) is 42.5 Å². The maximum Gasteiger partial charge on any atom is 0.226 e. The fraction of sp³-hybridized carbons (Fsp3) is 0.455. The van der Waals surface area contributed by atoms with Gasteiger partial charge < -0.3 is 14.6 Å². The van der Waals surface area contributed by atoms with Gasteiger partial charge in [0.25, 0.3) is 0 Å². The van der Waals surface area contributed by atoms with Gasteiger partial charge in [-0.15, -0.1) is 0 Å². The summed E-state index contributed by atoms with van der Waals surface area (Å²) in [5.41, 5.74) is 3.67. The van der Waals surface area contributed by atoms with Crippen LogP contribution >= 0.6 is 0 Å². The highest BCUT2D eigenvalue weighted by atomic mass is 19.1. The summed E-state index contributed by atoms with van der Waals surface area (Å²) < 4.78 is 16.2. The Labute approximate surface area is 164 Å². The molecule has 0 saturated heterocycles. The Morgan fingerprint density at radius 1 is 1.32 bits per heavy atom. The number of rotatable bonds is 6. The molecule has 1 aliphatic rings. The molecule has 2 aromatic rings. The summed E-state index contributed by atoms with van der Waals surface area (Å²) in [6.07, 6.45) is 1.47. The van der Waals surface area contributed by atoms with Crippen LogP contribution in [-0.2, 0) is 24.2 Å².